The smallest absolute Gasteiger partial charge is 0.226 e. The molecular weight excluding hydrogens is 214 g/mol. The Morgan fingerprint density at radius 2 is 2.06 bits per heavy atom. The summed E-state index contributed by atoms with van der Waals surface area (Å²) in [7, 11) is 0. The average molecular weight is 231 g/mol. The Labute approximate surface area is 101 Å². The van der Waals surface area contributed by atoms with Crippen LogP contribution in [0.1, 0.15) is 20.8 Å². The molecule has 1 N–H and O–H groups in total. The van der Waals surface area contributed by atoms with Gasteiger partial charge in [-0.25, -0.2) is 4.68 Å². The van der Waals surface area contributed by atoms with Gasteiger partial charge < -0.3 is 5.32 Å². The summed E-state index contributed by atoms with van der Waals surface area (Å²) < 4.78 is 1.79. The van der Waals surface area contributed by atoms with Crippen molar-refractivity contribution >= 4 is 16.8 Å². The van der Waals surface area contributed by atoms with E-state index in [1.165, 1.54) is 0 Å². The van der Waals surface area contributed by atoms with Crippen LogP contribution in [0.25, 0.3) is 10.9 Å². The summed E-state index contributed by atoms with van der Waals surface area (Å²) in [6, 6.07) is 7.93. The van der Waals surface area contributed by atoms with E-state index in [4.69, 9.17) is 0 Å². The zero-order valence-electron chi connectivity index (χ0n) is 10.4. The van der Waals surface area contributed by atoms with E-state index in [0.29, 0.717) is 6.67 Å². The first-order valence-corrected chi connectivity index (χ1v) is 5.67. The van der Waals surface area contributed by atoms with Crippen LogP contribution in [0.15, 0.2) is 30.5 Å². The second-order valence-corrected chi connectivity index (χ2v) is 5.12. The number of hydrogen-bond donors (Lipinski definition) is 1. The average Bonchev–Trinajstić information content (AvgIpc) is 2.68. The lowest BCUT2D eigenvalue weighted by molar-refractivity contribution is -0.129. The number of rotatable bonds is 2. The molecule has 1 amide bonds. The van der Waals surface area contributed by atoms with Crippen molar-refractivity contribution in [3.63, 3.8) is 0 Å². The lowest BCUT2D eigenvalue weighted by Gasteiger charge is -2.17. The van der Waals surface area contributed by atoms with E-state index in [9.17, 15) is 4.79 Å². The number of hydrogen-bond acceptors (Lipinski definition) is 2. The third kappa shape index (κ3) is 2.46. The maximum Gasteiger partial charge on any atom is 0.226 e. The Hall–Kier alpha value is -1.84. The highest BCUT2D eigenvalue weighted by atomic mass is 16.2. The van der Waals surface area contributed by atoms with E-state index in [-0.39, 0.29) is 11.3 Å². The van der Waals surface area contributed by atoms with Crippen molar-refractivity contribution in [2.45, 2.75) is 27.4 Å². The third-order valence-corrected chi connectivity index (χ3v) is 2.62. The summed E-state index contributed by atoms with van der Waals surface area (Å²) in [6.07, 6.45) is 1.80. The molecule has 2 rings (SSSR count). The number of nitrogens with zero attached hydrogens (tertiary/aromatic N) is 2. The molecule has 0 fully saturated rings. The largest absolute Gasteiger partial charge is 0.336 e. The van der Waals surface area contributed by atoms with Crippen molar-refractivity contribution in [1.29, 1.82) is 0 Å². The standard InChI is InChI=1S/C13H17N3O/c1-13(2,3)12(17)14-9-16-11-7-5-4-6-10(11)8-15-16/h4-8H,9H2,1-3H3,(H,14,17). The fourth-order valence-corrected chi connectivity index (χ4v) is 1.56. The minimum absolute atomic E-state index is 0.0251. The molecule has 1 aromatic heterocycles. The van der Waals surface area contributed by atoms with Gasteiger partial charge in [-0.05, 0) is 6.07 Å². The van der Waals surface area contributed by atoms with E-state index in [2.05, 4.69) is 10.4 Å². The Balaban J connectivity index is 2.12. The zero-order chi connectivity index (χ0) is 12.5. The van der Waals surface area contributed by atoms with Gasteiger partial charge in [-0.2, -0.15) is 5.10 Å². The van der Waals surface area contributed by atoms with Gasteiger partial charge in [0.05, 0.1) is 11.7 Å². The Morgan fingerprint density at radius 1 is 1.35 bits per heavy atom. The van der Waals surface area contributed by atoms with E-state index in [1.807, 2.05) is 45.0 Å². The number of para-hydroxylation sites is 1. The van der Waals surface area contributed by atoms with E-state index < -0.39 is 0 Å². The molecule has 4 nitrogen and oxygen atoms in total. The first-order valence-electron chi connectivity index (χ1n) is 5.67. The third-order valence-electron chi connectivity index (χ3n) is 2.62. The fraction of sp³-hybridized carbons (Fsp3) is 0.385. The molecule has 1 aromatic carbocycles. The molecule has 0 unspecified atom stereocenters. The Kier molecular flexibility index (Phi) is 2.88. The van der Waals surface area contributed by atoms with Gasteiger partial charge >= 0.3 is 0 Å². The molecular formula is C13H17N3O. The number of fused-ring (bicyclic) bond motifs is 1. The van der Waals surface area contributed by atoms with Gasteiger partial charge in [0.2, 0.25) is 5.91 Å². The number of benzene rings is 1. The summed E-state index contributed by atoms with van der Waals surface area (Å²) in [5, 5.41) is 8.21. The molecule has 0 aliphatic heterocycles. The minimum Gasteiger partial charge on any atom is -0.336 e. The van der Waals surface area contributed by atoms with Crippen molar-refractivity contribution in [1.82, 2.24) is 15.1 Å². The SMILES string of the molecule is CC(C)(C)C(=O)NCn1ncc2ccccc21. The highest BCUT2D eigenvalue weighted by molar-refractivity contribution is 5.81. The van der Waals surface area contributed by atoms with Gasteiger partial charge in [0.25, 0.3) is 0 Å². The predicted octanol–water partition coefficient (Wildman–Crippen LogP) is 2.16. The molecule has 0 aliphatic rings. The monoisotopic (exact) mass is 231 g/mol. The summed E-state index contributed by atoms with van der Waals surface area (Å²) in [4.78, 5) is 11.7. The molecule has 4 heteroatoms. The maximum absolute atomic E-state index is 11.7. The lowest BCUT2D eigenvalue weighted by Crippen LogP contribution is -2.36. The van der Waals surface area contributed by atoms with Gasteiger partial charge in [0.1, 0.15) is 6.67 Å². The highest BCUT2D eigenvalue weighted by Crippen LogP contribution is 2.14. The summed E-state index contributed by atoms with van der Waals surface area (Å²) in [5.41, 5.74) is 0.657. The fourth-order valence-electron chi connectivity index (χ4n) is 1.56. The molecule has 1 heterocycles. The number of nitrogens with one attached hydrogen (secondary N) is 1. The topological polar surface area (TPSA) is 46.9 Å². The quantitative estimate of drug-likeness (QED) is 0.861. The van der Waals surface area contributed by atoms with E-state index >= 15 is 0 Å². The van der Waals surface area contributed by atoms with Gasteiger partial charge in [-0.1, -0.05) is 39.0 Å². The highest BCUT2D eigenvalue weighted by Gasteiger charge is 2.20. The van der Waals surface area contributed by atoms with Gasteiger partial charge in [-0.3, -0.25) is 4.79 Å². The maximum atomic E-state index is 11.7. The molecule has 0 atom stereocenters. The summed E-state index contributed by atoms with van der Waals surface area (Å²) >= 11 is 0. The number of carbonyl (C=O) groups excluding carboxylic acids is 1. The van der Waals surface area contributed by atoms with Crippen molar-refractivity contribution < 1.29 is 4.79 Å². The van der Waals surface area contributed by atoms with Gasteiger partial charge in [0.15, 0.2) is 0 Å². The van der Waals surface area contributed by atoms with Crippen LogP contribution in [-0.2, 0) is 11.5 Å². The summed E-state index contributed by atoms with van der Waals surface area (Å²) in [6.45, 7) is 6.08. The van der Waals surface area contributed by atoms with E-state index in [1.54, 1.807) is 10.9 Å². The molecule has 0 saturated carbocycles. The second kappa shape index (κ2) is 4.20. The van der Waals surface area contributed by atoms with Crippen molar-refractivity contribution in [3.8, 4) is 0 Å². The van der Waals surface area contributed by atoms with Gasteiger partial charge in [0, 0.05) is 10.8 Å². The van der Waals surface area contributed by atoms with Crippen LogP contribution >= 0.6 is 0 Å². The minimum atomic E-state index is -0.372. The number of carbonyl (C=O) groups is 1. The normalized spacial score (nSPS) is 11.7. The molecule has 0 aliphatic carbocycles. The van der Waals surface area contributed by atoms with Crippen LogP contribution in [-0.4, -0.2) is 15.7 Å². The number of aromatic nitrogens is 2. The lowest BCUT2D eigenvalue weighted by atomic mass is 9.96. The van der Waals surface area contributed by atoms with Crippen LogP contribution in [0, 0.1) is 5.41 Å². The zero-order valence-corrected chi connectivity index (χ0v) is 10.4. The van der Waals surface area contributed by atoms with E-state index in [0.717, 1.165) is 10.9 Å². The van der Waals surface area contributed by atoms with Crippen molar-refractivity contribution in [2.75, 3.05) is 0 Å². The summed E-state index contributed by atoms with van der Waals surface area (Å²) in [5.74, 6) is 0.0251. The molecule has 17 heavy (non-hydrogen) atoms. The Morgan fingerprint density at radius 3 is 2.76 bits per heavy atom. The van der Waals surface area contributed by atoms with Gasteiger partial charge in [-0.15, -0.1) is 0 Å². The molecule has 90 valence electrons. The van der Waals surface area contributed by atoms with Crippen LogP contribution in [0.2, 0.25) is 0 Å². The molecule has 2 aromatic rings. The van der Waals surface area contributed by atoms with Crippen LogP contribution in [0.5, 0.6) is 0 Å². The first kappa shape index (κ1) is 11.6. The number of amides is 1. The molecule has 0 saturated heterocycles. The molecule has 0 spiro atoms. The molecule has 0 radical (unpaired) electrons. The van der Waals surface area contributed by atoms with Crippen LogP contribution in [0.4, 0.5) is 0 Å². The predicted molar refractivity (Wildman–Crippen MR) is 67.3 cm³/mol. The van der Waals surface area contributed by atoms with Crippen molar-refractivity contribution in [2.24, 2.45) is 5.41 Å². The van der Waals surface area contributed by atoms with Crippen LogP contribution < -0.4 is 5.32 Å². The first-order chi connectivity index (χ1) is 7.98. The Bertz CT molecular complexity index is 537. The van der Waals surface area contributed by atoms with Crippen LogP contribution in [0.3, 0.4) is 0 Å². The molecule has 0 bridgehead atoms. The second-order valence-electron chi connectivity index (χ2n) is 5.12. The van der Waals surface area contributed by atoms with Crippen molar-refractivity contribution in [3.05, 3.63) is 30.5 Å².